The molecule has 3 saturated heterocycles. The lowest BCUT2D eigenvalue weighted by Crippen LogP contribution is -2.77. The standard InChI is InChI=1S/C24H30N2O5/c1-5-16-13-26-11-10-23-17-8-6-7-9-19(17)25(3)24(23,26)20(31-15(2)28)12-18(16)22(23,14-27)21(29)30-4/h5-9,18,20,27H,10-14H2,1-4H3/t18-,20+,22-,23-,24-/m0/s1. The van der Waals surface area contributed by atoms with Crippen LogP contribution in [0.4, 0.5) is 5.69 Å². The third-order valence-electron chi connectivity index (χ3n) is 8.66. The van der Waals surface area contributed by atoms with E-state index in [1.165, 1.54) is 14.0 Å². The summed E-state index contributed by atoms with van der Waals surface area (Å²) >= 11 is 0. The van der Waals surface area contributed by atoms with Gasteiger partial charge in [0.1, 0.15) is 17.2 Å². The Hall–Kier alpha value is -2.38. The van der Waals surface area contributed by atoms with Crippen LogP contribution in [-0.4, -0.2) is 67.6 Å². The highest BCUT2D eigenvalue weighted by atomic mass is 16.5. The monoisotopic (exact) mass is 426 g/mol. The lowest BCUT2D eigenvalue weighted by molar-refractivity contribution is -0.195. The van der Waals surface area contributed by atoms with Crippen LogP contribution in [0.1, 0.15) is 32.3 Å². The number of allylic oxidation sites excluding steroid dienone is 1. The summed E-state index contributed by atoms with van der Waals surface area (Å²) in [5.41, 5.74) is 0.399. The van der Waals surface area contributed by atoms with Crippen molar-refractivity contribution in [3.05, 3.63) is 41.5 Å². The van der Waals surface area contributed by atoms with E-state index >= 15 is 0 Å². The number of hydrogen-bond donors (Lipinski definition) is 1. The SMILES string of the molecule is CC=C1CN2CC[C@@]34c5ccccc5N(C)[C@@]23[C@H](OC(C)=O)C[C@@H]1[C@@]4(CO)C(=O)OC. The summed E-state index contributed by atoms with van der Waals surface area (Å²) in [6, 6.07) is 8.09. The van der Waals surface area contributed by atoms with Gasteiger partial charge in [-0.3, -0.25) is 14.5 Å². The molecule has 7 nitrogen and oxygen atoms in total. The van der Waals surface area contributed by atoms with Gasteiger partial charge in [0.15, 0.2) is 0 Å². The number of benzene rings is 1. The second-order valence-corrected chi connectivity index (χ2v) is 9.25. The zero-order valence-electron chi connectivity index (χ0n) is 18.6. The number of carbonyl (C=O) groups excluding carboxylic acids is 2. The number of esters is 2. The molecule has 166 valence electrons. The number of aliphatic hydroxyl groups is 1. The van der Waals surface area contributed by atoms with Crippen LogP contribution in [0.5, 0.6) is 0 Å². The van der Waals surface area contributed by atoms with Gasteiger partial charge in [0.25, 0.3) is 0 Å². The number of methoxy groups -OCH3 is 1. The van der Waals surface area contributed by atoms with E-state index in [0.717, 1.165) is 23.4 Å². The van der Waals surface area contributed by atoms with Gasteiger partial charge in [0.05, 0.1) is 19.1 Å². The van der Waals surface area contributed by atoms with E-state index in [4.69, 9.17) is 9.47 Å². The molecule has 6 rings (SSSR count). The van der Waals surface area contributed by atoms with Crippen molar-refractivity contribution < 1.29 is 24.2 Å². The molecule has 31 heavy (non-hydrogen) atoms. The number of ether oxygens (including phenoxy) is 2. The number of nitrogens with zero attached hydrogens (tertiary/aromatic N) is 2. The Bertz CT molecular complexity index is 992. The summed E-state index contributed by atoms with van der Waals surface area (Å²) in [6.45, 7) is 4.49. The fourth-order valence-electron chi connectivity index (χ4n) is 7.86. The molecule has 1 aliphatic carbocycles. The molecule has 1 spiro atoms. The van der Waals surface area contributed by atoms with E-state index in [9.17, 15) is 14.7 Å². The van der Waals surface area contributed by atoms with Gasteiger partial charge in [-0.25, -0.2) is 0 Å². The third kappa shape index (κ3) is 1.98. The number of para-hydroxylation sites is 1. The molecule has 0 radical (unpaired) electrons. The van der Waals surface area contributed by atoms with Crippen LogP contribution in [0.3, 0.4) is 0 Å². The minimum atomic E-state index is -1.17. The van der Waals surface area contributed by atoms with Crippen molar-refractivity contribution in [2.75, 3.05) is 38.8 Å². The molecule has 4 fully saturated rings. The average molecular weight is 427 g/mol. The van der Waals surface area contributed by atoms with Crippen LogP contribution in [-0.2, 0) is 24.5 Å². The largest absolute Gasteiger partial charge is 0.468 e. The zero-order valence-corrected chi connectivity index (χ0v) is 18.6. The first kappa shape index (κ1) is 20.5. The number of hydrogen-bond acceptors (Lipinski definition) is 7. The van der Waals surface area contributed by atoms with Gasteiger partial charge in [-0.15, -0.1) is 0 Å². The summed E-state index contributed by atoms with van der Waals surface area (Å²) < 4.78 is 11.5. The predicted molar refractivity (Wildman–Crippen MR) is 114 cm³/mol. The molecule has 4 bridgehead atoms. The molecule has 1 saturated carbocycles. The molecule has 7 heteroatoms. The fourth-order valence-corrected chi connectivity index (χ4v) is 7.86. The highest BCUT2D eigenvalue weighted by Gasteiger charge is 2.84. The van der Waals surface area contributed by atoms with E-state index in [0.29, 0.717) is 19.4 Å². The molecule has 0 aromatic heterocycles. The van der Waals surface area contributed by atoms with Crippen molar-refractivity contribution in [1.29, 1.82) is 0 Å². The average Bonchev–Trinajstić information content (AvgIpc) is 3.15. The molecular formula is C24H30N2O5. The fraction of sp³-hybridized carbons (Fsp3) is 0.583. The number of aliphatic hydroxyl groups excluding tert-OH is 1. The Balaban J connectivity index is 1.94. The molecule has 4 aliphatic heterocycles. The van der Waals surface area contributed by atoms with E-state index in [1.54, 1.807) is 0 Å². The van der Waals surface area contributed by atoms with Crippen LogP contribution < -0.4 is 4.90 Å². The van der Waals surface area contributed by atoms with Gasteiger partial charge in [0.2, 0.25) is 0 Å². The Morgan fingerprint density at radius 3 is 2.71 bits per heavy atom. The normalized spacial score (nSPS) is 41.0. The molecule has 6 atom stereocenters. The Labute approximate surface area is 182 Å². The van der Waals surface area contributed by atoms with E-state index in [2.05, 4.69) is 28.0 Å². The van der Waals surface area contributed by atoms with E-state index in [1.807, 2.05) is 26.1 Å². The molecule has 1 aromatic rings. The maximum absolute atomic E-state index is 13.7. The van der Waals surface area contributed by atoms with Crippen molar-refractivity contribution in [2.24, 2.45) is 11.3 Å². The first-order valence-corrected chi connectivity index (χ1v) is 11.0. The van der Waals surface area contributed by atoms with Crippen LogP contribution in [0, 0.1) is 11.3 Å². The number of carbonyl (C=O) groups is 2. The van der Waals surface area contributed by atoms with Crippen LogP contribution in [0.15, 0.2) is 35.9 Å². The number of anilines is 1. The molecule has 0 amide bonds. The minimum absolute atomic E-state index is 0.294. The summed E-state index contributed by atoms with van der Waals surface area (Å²) in [5, 5.41) is 11.1. The van der Waals surface area contributed by atoms with E-state index < -0.39 is 22.6 Å². The topological polar surface area (TPSA) is 79.3 Å². The minimum Gasteiger partial charge on any atom is -0.468 e. The van der Waals surface area contributed by atoms with Crippen molar-refractivity contribution in [3.8, 4) is 0 Å². The lowest BCUT2D eigenvalue weighted by Gasteiger charge is -2.61. The maximum Gasteiger partial charge on any atom is 0.315 e. The van der Waals surface area contributed by atoms with Crippen LogP contribution in [0.25, 0.3) is 0 Å². The first-order chi connectivity index (χ1) is 14.9. The number of rotatable bonds is 3. The van der Waals surface area contributed by atoms with Gasteiger partial charge in [-0.1, -0.05) is 29.8 Å². The summed E-state index contributed by atoms with van der Waals surface area (Å²) in [7, 11) is 3.42. The predicted octanol–water partition coefficient (Wildman–Crippen LogP) is 1.84. The van der Waals surface area contributed by atoms with Crippen LogP contribution >= 0.6 is 0 Å². The number of fused-ring (bicyclic) bond motifs is 3. The molecule has 1 aromatic carbocycles. The smallest absolute Gasteiger partial charge is 0.315 e. The van der Waals surface area contributed by atoms with Gasteiger partial charge >= 0.3 is 11.9 Å². The van der Waals surface area contributed by atoms with Crippen molar-refractivity contribution in [1.82, 2.24) is 4.90 Å². The van der Waals surface area contributed by atoms with Crippen LogP contribution in [0.2, 0.25) is 0 Å². The summed E-state index contributed by atoms with van der Waals surface area (Å²) in [4.78, 5) is 30.6. The van der Waals surface area contributed by atoms with Gasteiger partial charge in [0, 0.05) is 38.7 Å². The molecular weight excluding hydrogens is 396 g/mol. The van der Waals surface area contributed by atoms with Gasteiger partial charge in [-0.2, -0.15) is 0 Å². The van der Waals surface area contributed by atoms with Crippen molar-refractivity contribution in [3.63, 3.8) is 0 Å². The lowest BCUT2D eigenvalue weighted by atomic mass is 9.45. The number of likely N-dealkylation sites (N-methyl/N-ethyl adjacent to an activating group) is 1. The summed E-state index contributed by atoms with van der Waals surface area (Å²) in [6.07, 6.45) is 2.75. The maximum atomic E-state index is 13.7. The highest BCUT2D eigenvalue weighted by molar-refractivity contribution is 5.86. The zero-order chi connectivity index (χ0) is 22.2. The Morgan fingerprint density at radius 2 is 2.06 bits per heavy atom. The Morgan fingerprint density at radius 1 is 1.32 bits per heavy atom. The molecule has 1 N–H and O–H groups in total. The molecule has 5 aliphatic rings. The molecule has 4 heterocycles. The van der Waals surface area contributed by atoms with Crippen molar-refractivity contribution in [2.45, 2.75) is 43.9 Å². The second kappa shape index (κ2) is 6.56. The van der Waals surface area contributed by atoms with Gasteiger partial charge in [-0.05, 0) is 31.4 Å². The highest BCUT2D eigenvalue weighted by Crippen LogP contribution is 2.74. The second-order valence-electron chi connectivity index (χ2n) is 9.25. The molecule has 1 unspecified atom stereocenters. The first-order valence-electron chi connectivity index (χ1n) is 11.0. The van der Waals surface area contributed by atoms with E-state index in [-0.39, 0.29) is 24.5 Å². The van der Waals surface area contributed by atoms with Gasteiger partial charge < -0.3 is 19.5 Å². The third-order valence-corrected chi connectivity index (χ3v) is 8.66. The Kier molecular flexibility index (Phi) is 4.34. The quantitative estimate of drug-likeness (QED) is 0.584. The summed E-state index contributed by atoms with van der Waals surface area (Å²) in [5.74, 6) is -1.02. The van der Waals surface area contributed by atoms with Crippen molar-refractivity contribution >= 4 is 17.6 Å².